The van der Waals surface area contributed by atoms with E-state index >= 15 is 0 Å². The van der Waals surface area contributed by atoms with Crippen molar-refractivity contribution in [2.75, 3.05) is 13.2 Å². The normalized spacial score (nSPS) is 17.3. The number of phosphoric acid groups is 1. The smallest absolute Gasteiger partial charge is 0.462 e. The lowest BCUT2D eigenvalue weighted by molar-refractivity contribution is -0.161. The van der Waals surface area contributed by atoms with Gasteiger partial charge in [-0.3, -0.25) is 14.1 Å². The van der Waals surface area contributed by atoms with Gasteiger partial charge in [-0.25, -0.2) is 4.57 Å². The Labute approximate surface area is 285 Å². The molecule has 1 fully saturated rings. The maximum atomic E-state index is 12.3. The largest absolute Gasteiger partial charge is 0.469 e. The van der Waals surface area contributed by atoms with Crippen molar-refractivity contribution >= 4 is 19.8 Å². The molecule has 1 rings (SSSR count). The Kier molecular flexibility index (Phi) is 25.9. The van der Waals surface area contributed by atoms with E-state index in [1.165, 1.54) is 51.4 Å². The third kappa shape index (κ3) is 28.9. The number of carbonyl (C=O) groups is 2. The van der Waals surface area contributed by atoms with Crippen LogP contribution in [-0.2, 0) is 32.9 Å². The van der Waals surface area contributed by atoms with E-state index in [0.29, 0.717) is 31.5 Å². The standard InChI is InChI=1S/C37H65O9P/c1-4-5-6-7-16-21-26-34-35(46-34)27-22-17-12-10-14-19-24-29-37(39)45-33(31-44-47(40,41)42)30-43-36(38)28-23-18-13-9-8-11-15-20-25-32(2)3/h10,14,16-17,21-22,32-35H,4-9,11-13,15,18-20,23-31H2,1-3H3,(H2,40,41,42)/b14-10-,21-16-,22-17-/t33-,34?,35?/m1/s1. The monoisotopic (exact) mass is 684 g/mol. The van der Waals surface area contributed by atoms with Crippen molar-refractivity contribution in [3.8, 4) is 0 Å². The molecule has 1 aliphatic heterocycles. The van der Waals surface area contributed by atoms with Gasteiger partial charge in [0.25, 0.3) is 0 Å². The summed E-state index contributed by atoms with van der Waals surface area (Å²) in [6.45, 7) is 5.86. The van der Waals surface area contributed by atoms with Gasteiger partial charge in [0.1, 0.15) is 6.61 Å². The number of ether oxygens (including phenoxy) is 3. The van der Waals surface area contributed by atoms with Crippen molar-refractivity contribution in [3.63, 3.8) is 0 Å². The Hall–Kier alpha value is -1.77. The first-order valence-electron chi connectivity index (χ1n) is 18.3. The molecule has 0 aromatic carbocycles. The summed E-state index contributed by atoms with van der Waals surface area (Å²) < 4.78 is 31.9. The second-order valence-electron chi connectivity index (χ2n) is 13.1. The summed E-state index contributed by atoms with van der Waals surface area (Å²) in [6, 6.07) is 0. The molecule has 0 saturated carbocycles. The Balaban J connectivity index is 2.16. The average molecular weight is 685 g/mol. The number of hydrogen-bond acceptors (Lipinski definition) is 7. The number of phosphoric ester groups is 1. The zero-order chi connectivity index (χ0) is 34.6. The van der Waals surface area contributed by atoms with Gasteiger partial charge >= 0.3 is 19.8 Å². The number of epoxide rings is 1. The summed E-state index contributed by atoms with van der Waals surface area (Å²) in [6.07, 6.45) is 32.0. The molecule has 1 aliphatic rings. The topological polar surface area (TPSA) is 132 Å². The zero-order valence-electron chi connectivity index (χ0n) is 29.5. The third-order valence-corrected chi connectivity index (χ3v) is 8.48. The molecule has 0 amide bonds. The van der Waals surface area contributed by atoms with E-state index in [2.05, 4.69) is 55.7 Å². The number of rotatable bonds is 31. The summed E-state index contributed by atoms with van der Waals surface area (Å²) in [5, 5.41) is 0. The summed E-state index contributed by atoms with van der Waals surface area (Å²) in [5.41, 5.74) is 0. The van der Waals surface area contributed by atoms with Gasteiger partial charge in [-0.1, -0.05) is 121 Å². The molecular formula is C37H65O9P. The highest BCUT2D eigenvalue weighted by molar-refractivity contribution is 7.46. The predicted molar refractivity (Wildman–Crippen MR) is 188 cm³/mol. The van der Waals surface area contributed by atoms with Gasteiger partial charge in [0.15, 0.2) is 6.10 Å². The third-order valence-electron chi connectivity index (χ3n) is 7.99. The fraction of sp³-hybridized carbons (Fsp3) is 0.784. The van der Waals surface area contributed by atoms with Gasteiger partial charge in [-0.15, -0.1) is 0 Å². The van der Waals surface area contributed by atoms with Crippen LogP contribution in [0.3, 0.4) is 0 Å². The first-order valence-corrected chi connectivity index (χ1v) is 19.8. The predicted octanol–water partition coefficient (Wildman–Crippen LogP) is 9.46. The van der Waals surface area contributed by atoms with Crippen molar-refractivity contribution in [1.29, 1.82) is 0 Å². The molecule has 0 spiro atoms. The molecule has 3 atom stereocenters. The first-order chi connectivity index (χ1) is 22.6. The van der Waals surface area contributed by atoms with Crippen LogP contribution in [-0.4, -0.2) is 53.3 Å². The molecule has 2 unspecified atom stereocenters. The average Bonchev–Trinajstić information content (AvgIpc) is 3.77. The lowest BCUT2D eigenvalue weighted by atomic mass is 10.0. The second-order valence-corrected chi connectivity index (χ2v) is 14.3. The zero-order valence-corrected chi connectivity index (χ0v) is 30.4. The Morgan fingerprint density at radius 1 is 0.723 bits per heavy atom. The van der Waals surface area contributed by atoms with Crippen LogP contribution in [0.1, 0.15) is 149 Å². The van der Waals surface area contributed by atoms with Crippen molar-refractivity contribution in [2.24, 2.45) is 5.92 Å². The van der Waals surface area contributed by atoms with Crippen molar-refractivity contribution in [2.45, 2.75) is 167 Å². The summed E-state index contributed by atoms with van der Waals surface area (Å²) >= 11 is 0. The molecule has 47 heavy (non-hydrogen) atoms. The maximum Gasteiger partial charge on any atom is 0.469 e. The number of allylic oxidation sites excluding steroid dienone is 4. The van der Waals surface area contributed by atoms with Crippen LogP contribution in [0.2, 0.25) is 0 Å². The van der Waals surface area contributed by atoms with E-state index in [9.17, 15) is 14.2 Å². The van der Waals surface area contributed by atoms with Crippen LogP contribution in [0.5, 0.6) is 0 Å². The van der Waals surface area contributed by atoms with E-state index < -0.39 is 32.5 Å². The number of unbranched alkanes of at least 4 members (excludes halogenated alkanes) is 11. The van der Waals surface area contributed by atoms with E-state index in [-0.39, 0.29) is 19.4 Å². The minimum absolute atomic E-state index is 0.131. The van der Waals surface area contributed by atoms with Gasteiger partial charge < -0.3 is 24.0 Å². The van der Waals surface area contributed by atoms with E-state index in [1.807, 2.05) is 6.08 Å². The van der Waals surface area contributed by atoms with Crippen molar-refractivity contribution < 1.29 is 42.7 Å². The van der Waals surface area contributed by atoms with Crippen LogP contribution in [0.4, 0.5) is 0 Å². The number of hydrogen-bond donors (Lipinski definition) is 2. The van der Waals surface area contributed by atoms with Gasteiger partial charge in [-0.2, -0.15) is 0 Å². The molecule has 0 radical (unpaired) electrons. The van der Waals surface area contributed by atoms with Crippen molar-refractivity contribution in [1.82, 2.24) is 0 Å². The Morgan fingerprint density at radius 2 is 1.30 bits per heavy atom. The molecule has 0 aromatic rings. The number of esters is 2. The molecule has 1 saturated heterocycles. The van der Waals surface area contributed by atoms with Crippen LogP contribution in [0.15, 0.2) is 36.5 Å². The minimum Gasteiger partial charge on any atom is -0.462 e. The van der Waals surface area contributed by atoms with Crippen LogP contribution < -0.4 is 0 Å². The molecule has 1 heterocycles. The maximum absolute atomic E-state index is 12.3. The molecule has 0 bridgehead atoms. The van der Waals surface area contributed by atoms with E-state index in [4.69, 9.17) is 24.0 Å². The molecular weight excluding hydrogens is 619 g/mol. The van der Waals surface area contributed by atoms with Gasteiger partial charge in [0.2, 0.25) is 0 Å². The molecule has 2 N–H and O–H groups in total. The van der Waals surface area contributed by atoms with E-state index in [1.54, 1.807) is 0 Å². The fourth-order valence-electron chi connectivity index (χ4n) is 5.12. The first kappa shape index (κ1) is 43.3. The molecule has 272 valence electrons. The Morgan fingerprint density at radius 3 is 1.96 bits per heavy atom. The molecule has 10 heteroatoms. The SMILES string of the molecule is CCCCC/C=C\CC1OC1C/C=C\C/C=C\CCCC(=O)O[C@H](COC(=O)CCCCCCCCCCC(C)C)COP(=O)(O)O. The quantitative estimate of drug-likeness (QED) is 0.0241. The highest BCUT2D eigenvalue weighted by Gasteiger charge is 2.36. The summed E-state index contributed by atoms with van der Waals surface area (Å²) in [4.78, 5) is 42.6. The van der Waals surface area contributed by atoms with E-state index in [0.717, 1.165) is 50.9 Å². The summed E-state index contributed by atoms with van der Waals surface area (Å²) in [5.74, 6) is -0.191. The van der Waals surface area contributed by atoms with Gasteiger partial charge in [-0.05, 0) is 57.3 Å². The fourth-order valence-corrected chi connectivity index (χ4v) is 5.48. The lowest BCUT2D eigenvalue weighted by Gasteiger charge is -2.18. The van der Waals surface area contributed by atoms with Crippen LogP contribution >= 0.6 is 7.82 Å². The second kappa shape index (κ2) is 28.1. The van der Waals surface area contributed by atoms with Gasteiger partial charge in [0.05, 0.1) is 18.8 Å². The van der Waals surface area contributed by atoms with Gasteiger partial charge in [0, 0.05) is 12.8 Å². The highest BCUT2D eigenvalue weighted by Crippen LogP contribution is 2.36. The lowest BCUT2D eigenvalue weighted by Crippen LogP contribution is -2.29. The molecule has 0 aromatic heterocycles. The molecule has 0 aliphatic carbocycles. The van der Waals surface area contributed by atoms with Crippen LogP contribution in [0.25, 0.3) is 0 Å². The molecule has 9 nitrogen and oxygen atoms in total. The highest BCUT2D eigenvalue weighted by atomic mass is 31.2. The minimum atomic E-state index is -4.77. The van der Waals surface area contributed by atoms with Crippen LogP contribution in [0, 0.1) is 5.92 Å². The Bertz CT molecular complexity index is 940. The number of carbonyl (C=O) groups excluding carboxylic acids is 2. The van der Waals surface area contributed by atoms with Crippen molar-refractivity contribution in [3.05, 3.63) is 36.5 Å². The summed E-state index contributed by atoms with van der Waals surface area (Å²) in [7, 11) is -4.77.